The van der Waals surface area contributed by atoms with Crippen LogP contribution in [0.15, 0.2) is 36.4 Å². The summed E-state index contributed by atoms with van der Waals surface area (Å²) in [7, 11) is 0. The number of nitrogens with zero attached hydrogens (tertiary/aromatic N) is 4. The Labute approximate surface area is 206 Å². The molecule has 1 saturated heterocycles. The predicted molar refractivity (Wildman–Crippen MR) is 129 cm³/mol. The van der Waals surface area contributed by atoms with Crippen molar-refractivity contribution < 1.29 is 23.5 Å². The Morgan fingerprint density at radius 1 is 0.972 bits per heavy atom. The van der Waals surface area contributed by atoms with Crippen molar-refractivity contribution in [2.75, 3.05) is 29.5 Å². The lowest BCUT2D eigenvalue weighted by Gasteiger charge is -2.30. The Morgan fingerprint density at radius 3 is 2.58 bits per heavy atom. The van der Waals surface area contributed by atoms with Crippen LogP contribution in [0.5, 0.6) is 5.75 Å². The molecule has 2 aromatic carbocycles. The summed E-state index contributed by atoms with van der Waals surface area (Å²) in [5.74, 6) is -1.06. The van der Waals surface area contributed by atoms with Gasteiger partial charge in [0.2, 0.25) is 5.91 Å². The topological polar surface area (TPSA) is 111 Å². The Hall–Kier alpha value is -4.21. The van der Waals surface area contributed by atoms with Crippen molar-refractivity contribution in [1.82, 2.24) is 9.78 Å². The molecule has 0 aliphatic carbocycles. The average Bonchev–Trinajstić information content (AvgIpc) is 3.50. The van der Waals surface area contributed by atoms with Crippen LogP contribution in [0.4, 0.5) is 15.8 Å². The molecule has 9 nitrogen and oxygen atoms in total. The predicted octanol–water partition coefficient (Wildman–Crippen LogP) is 2.77. The molecule has 0 saturated carbocycles. The van der Waals surface area contributed by atoms with Gasteiger partial charge in [0.05, 0.1) is 18.0 Å². The second-order valence-corrected chi connectivity index (χ2v) is 9.19. The second kappa shape index (κ2) is 8.47. The Balaban J connectivity index is 1.39. The van der Waals surface area contributed by atoms with E-state index in [9.17, 15) is 14.4 Å². The molecule has 0 bridgehead atoms. The number of halogens is 1. The van der Waals surface area contributed by atoms with Gasteiger partial charge in [0, 0.05) is 37.2 Å². The largest absolute Gasteiger partial charge is 0.493 e. The maximum Gasteiger partial charge on any atom is 0.277 e. The van der Waals surface area contributed by atoms with E-state index in [0.29, 0.717) is 42.9 Å². The maximum atomic E-state index is 15.3. The molecule has 2 N–H and O–H groups in total. The van der Waals surface area contributed by atoms with E-state index in [4.69, 9.17) is 10.5 Å². The lowest BCUT2D eigenvalue weighted by Crippen LogP contribution is -2.40. The average molecular weight is 490 g/mol. The first-order valence-corrected chi connectivity index (χ1v) is 12.0. The summed E-state index contributed by atoms with van der Waals surface area (Å²) in [4.78, 5) is 41.1. The van der Waals surface area contributed by atoms with Crippen LogP contribution in [0.2, 0.25) is 0 Å². The fourth-order valence-corrected chi connectivity index (χ4v) is 5.24. The van der Waals surface area contributed by atoms with Crippen LogP contribution >= 0.6 is 0 Å². The molecular formula is C26H24FN5O4. The fourth-order valence-electron chi connectivity index (χ4n) is 5.24. The van der Waals surface area contributed by atoms with Crippen LogP contribution in [-0.2, 0) is 17.6 Å². The van der Waals surface area contributed by atoms with Crippen molar-refractivity contribution >= 4 is 29.1 Å². The van der Waals surface area contributed by atoms with Gasteiger partial charge in [-0.05, 0) is 61.2 Å². The van der Waals surface area contributed by atoms with Gasteiger partial charge in [-0.2, -0.15) is 5.10 Å². The molecule has 0 unspecified atom stereocenters. The monoisotopic (exact) mass is 489 g/mol. The van der Waals surface area contributed by atoms with E-state index in [1.165, 1.54) is 21.7 Å². The highest BCUT2D eigenvalue weighted by Gasteiger charge is 2.36. The highest BCUT2D eigenvalue weighted by molar-refractivity contribution is 6.09. The number of rotatable bonds is 4. The number of benzene rings is 2. The van der Waals surface area contributed by atoms with Crippen LogP contribution in [0.3, 0.4) is 0 Å². The van der Waals surface area contributed by atoms with Crippen molar-refractivity contribution in [2.24, 2.45) is 5.73 Å². The number of fused-ring (bicyclic) bond motifs is 2. The number of piperidine rings is 1. The summed E-state index contributed by atoms with van der Waals surface area (Å²) >= 11 is 0. The molecule has 10 heteroatoms. The van der Waals surface area contributed by atoms with Crippen molar-refractivity contribution in [3.8, 4) is 11.4 Å². The number of nitrogens with two attached hydrogens (primary N) is 1. The molecule has 0 atom stereocenters. The Bertz CT molecular complexity index is 1430. The van der Waals surface area contributed by atoms with E-state index in [-0.39, 0.29) is 29.5 Å². The number of amides is 3. The molecule has 6 rings (SSSR count). The minimum absolute atomic E-state index is 0.0327. The van der Waals surface area contributed by atoms with Crippen molar-refractivity contribution in [3.05, 3.63) is 64.7 Å². The highest BCUT2D eigenvalue weighted by atomic mass is 19.1. The number of carbonyl (C=O) groups excluding carboxylic acids is 3. The van der Waals surface area contributed by atoms with Gasteiger partial charge in [0.25, 0.3) is 11.8 Å². The molecule has 184 valence electrons. The van der Waals surface area contributed by atoms with E-state index in [1.54, 1.807) is 23.1 Å². The van der Waals surface area contributed by atoms with E-state index in [1.807, 2.05) is 6.07 Å². The van der Waals surface area contributed by atoms with Crippen LogP contribution in [0.25, 0.3) is 5.69 Å². The minimum Gasteiger partial charge on any atom is -0.493 e. The first-order chi connectivity index (χ1) is 17.4. The number of primary amides is 1. The molecule has 1 aromatic heterocycles. The van der Waals surface area contributed by atoms with Crippen LogP contribution in [0, 0.1) is 5.82 Å². The highest BCUT2D eigenvalue weighted by Crippen LogP contribution is 2.34. The van der Waals surface area contributed by atoms with Crippen LogP contribution < -0.4 is 20.3 Å². The molecule has 4 heterocycles. The van der Waals surface area contributed by atoms with E-state index in [2.05, 4.69) is 5.10 Å². The smallest absolute Gasteiger partial charge is 0.277 e. The van der Waals surface area contributed by atoms with Crippen molar-refractivity contribution in [1.29, 1.82) is 0 Å². The number of aromatic nitrogens is 2. The lowest BCUT2D eigenvalue weighted by atomic mass is 10.0. The molecule has 0 spiro atoms. The summed E-state index contributed by atoms with van der Waals surface area (Å²) in [6.07, 6.45) is 3.16. The van der Waals surface area contributed by atoms with Crippen molar-refractivity contribution in [3.63, 3.8) is 0 Å². The van der Waals surface area contributed by atoms with Gasteiger partial charge >= 0.3 is 0 Å². The molecule has 36 heavy (non-hydrogen) atoms. The summed E-state index contributed by atoms with van der Waals surface area (Å²) in [5, 5.41) is 4.39. The van der Waals surface area contributed by atoms with Crippen molar-refractivity contribution in [2.45, 2.75) is 32.1 Å². The third kappa shape index (κ3) is 3.52. The van der Waals surface area contributed by atoms with E-state index < -0.39 is 17.6 Å². The molecule has 0 radical (unpaired) electrons. The summed E-state index contributed by atoms with van der Waals surface area (Å²) < 4.78 is 22.3. The number of hydrogen-bond acceptors (Lipinski definition) is 5. The maximum absolute atomic E-state index is 15.3. The molecular weight excluding hydrogens is 465 g/mol. The zero-order valence-corrected chi connectivity index (χ0v) is 19.5. The van der Waals surface area contributed by atoms with Gasteiger partial charge in [0.1, 0.15) is 17.3 Å². The summed E-state index contributed by atoms with van der Waals surface area (Å²) in [6.45, 7) is 1.28. The minimum atomic E-state index is -0.725. The molecule has 3 aromatic rings. The number of hydrogen-bond donors (Lipinski definition) is 1. The molecule has 1 fully saturated rings. The van der Waals surface area contributed by atoms with Crippen LogP contribution in [-0.4, -0.2) is 47.2 Å². The van der Waals surface area contributed by atoms with E-state index in [0.717, 1.165) is 30.6 Å². The molecule has 3 aliphatic rings. The quantitative estimate of drug-likeness (QED) is 0.606. The zero-order chi connectivity index (χ0) is 25.0. The van der Waals surface area contributed by atoms with Gasteiger partial charge in [-0.1, -0.05) is 0 Å². The van der Waals surface area contributed by atoms with Crippen LogP contribution in [0.1, 0.15) is 51.4 Å². The molecule has 3 aliphatic heterocycles. The van der Waals surface area contributed by atoms with Gasteiger partial charge < -0.3 is 20.3 Å². The first kappa shape index (κ1) is 22.3. The fraction of sp³-hybridized carbons (Fsp3) is 0.308. The van der Waals surface area contributed by atoms with Gasteiger partial charge in [0.15, 0.2) is 5.69 Å². The standard InChI is InChI=1S/C26H24FN5O4/c27-19-14-16(30-10-2-1-3-22(30)33)4-6-20(19)31-11-8-18-23(25(28)34)29-32(24(18)26(31)35)17-5-7-21-15(13-17)9-12-36-21/h4-7,13-14H,1-3,8-12H2,(H2,28,34). The normalized spacial score (nSPS) is 17.1. The van der Waals surface area contributed by atoms with Gasteiger partial charge in [-0.15, -0.1) is 0 Å². The second-order valence-electron chi connectivity index (χ2n) is 9.19. The SMILES string of the molecule is NC(=O)c1nn(-c2ccc3c(c2)CCO3)c2c1CCN(c1ccc(N3CCCCC3=O)cc1F)C2=O. The Kier molecular flexibility index (Phi) is 5.24. The number of carbonyl (C=O) groups is 3. The number of anilines is 2. The third-order valence-corrected chi connectivity index (χ3v) is 7.02. The number of ether oxygens (including phenoxy) is 1. The van der Waals surface area contributed by atoms with Gasteiger partial charge in [-0.3, -0.25) is 14.4 Å². The van der Waals surface area contributed by atoms with Gasteiger partial charge in [-0.25, -0.2) is 9.07 Å². The lowest BCUT2D eigenvalue weighted by molar-refractivity contribution is -0.119. The third-order valence-electron chi connectivity index (χ3n) is 7.02. The molecule has 3 amide bonds. The zero-order valence-electron chi connectivity index (χ0n) is 19.5. The summed E-state index contributed by atoms with van der Waals surface area (Å²) in [5.41, 5.74) is 8.42. The Morgan fingerprint density at radius 2 is 1.81 bits per heavy atom. The first-order valence-electron chi connectivity index (χ1n) is 12.0. The van der Waals surface area contributed by atoms with E-state index >= 15 is 4.39 Å². The summed E-state index contributed by atoms with van der Waals surface area (Å²) in [6, 6.07) is 9.93.